The fraction of sp³-hybridized carbons (Fsp3) is 0.941. The topological polar surface area (TPSA) is 208 Å². The Bertz CT molecular complexity index is 1770. The van der Waals surface area contributed by atoms with Crippen LogP contribution in [-0.4, -0.2) is 178 Å². The van der Waals surface area contributed by atoms with Crippen LogP contribution in [0, 0.1) is 17.8 Å². The van der Waals surface area contributed by atoms with E-state index in [0.29, 0.717) is 46.2 Å². The van der Waals surface area contributed by atoms with Crippen molar-refractivity contribution in [3.8, 4) is 0 Å². The van der Waals surface area contributed by atoms with Crippen LogP contribution in [0.2, 0.25) is 151 Å². The molecular formula is C51H124O20Si11. The van der Waals surface area contributed by atoms with Crippen molar-refractivity contribution >= 4 is 112 Å². The molecule has 3 atom stereocenters. The van der Waals surface area contributed by atoms with Gasteiger partial charge in [0.2, 0.25) is 0 Å². The van der Waals surface area contributed by atoms with Crippen LogP contribution in [-0.2, 0) is 88.4 Å². The number of hydrogen-bond acceptors (Lipinski definition) is 20. The molecule has 0 saturated heterocycles. The summed E-state index contributed by atoms with van der Waals surface area (Å²) >= 11 is 0. The van der Waals surface area contributed by atoms with Crippen LogP contribution in [0.15, 0.2) is 0 Å². The third-order valence-electron chi connectivity index (χ3n) is 10.7. The van der Waals surface area contributed by atoms with Gasteiger partial charge in [0, 0.05) is 13.2 Å². The van der Waals surface area contributed by atoms with Crippen molar-refractivity contribution in [3.05, 3.63) is 0 Å². The van der Waals surface area contributed by atoms with E-state index in [1.165, 1.54) is 0 Å². The van der Waals surface area contributed by atoms with Gasteiger partial charge in [-0.1, -0.05) is 48.5 Å². The standard InChI is InChI=1S/C30H82O13Si11.C11H22O4.C10H20O3/c1-26-29(2)30(31)32-27-28-33-45(6,7)35-47(10,11)37-49(14,15)39-51(18,19)41-53(22,23)43-54(24,25)42-52(20,21)40-50(16,17)38-48(12,13)36-46(8,9)34-44(3,4)5;1-4-10(3)11(12)15-9-8-14-7-6-13-5-2;1-4-6-12-7-8-13-10(11)9(3)5-2/h29H,26-28H2,1-25H3;10H,4-9H2,1-3H3;9H,4-8H2,1-3H3. The second kappa shape index (κ2) is 39.4. The van der Waals surface area contributed by atoms with Gasteiger partial charge in [0.15, 0.2) is 8.32 Å². The summed E-state index contributed by atoms with van der Waals surface area (Å²) in [6.07, 6.45) is 3.38. The average Bonchev–Trinajstić information content (AvgIpc) is 3.24. The molecule has 0 N–H and O–H groups in total. The van der Waals surface area contributed by atoms with Gasteiger partial charge < -0.3 is 74.0 Å². The maximum Gasteiger partial charge on any atom is 0.323 e. The van der Waals surface area contributed by atoms with Crippen molar-refractivity contribution in [1.29, 1.82) is 0 Å². The molecule has 0 aliphatic rings. The summed E-state index contributed by atoms with van der Waals surface area (Å²) < 4.78 is 104. The van der Waals surface area contributed by atoms with Gasteiger partial charge in [-0.2, -0.15) is 0 Å². The summed E-state index contributed by atoms with van der Waals surface area (Å²) in [6, 6.07) is 0. The maximum absolute atomic E-state index is 12.0. The van der Waals surface area contributed by atoms with E-state index < -0.39 is 93.9 Å². The van der Waals surface area contributed by atoms with E-state index in [1.54, 1.807) is 0 Å². The summed E-state index contributed by atoms with van der Waals surface area (Å²) in [5, 5.41) is 0. The van der Waals surface area contributed by atoms with Crippen molar-refractivity contribution in [1.82, 2.24) is 0 Å². The normalized spacial score (nSPS) is 14.7. The highest BCUT2D eigenvalue weighted by molar-refractivity contribution is 6.93. The molecule has 82 heavy (non-hydrogen) atoms. The predicted octanol–water partition coefficient (Wildman–Crippen LogP) is 13.2. The van der Waals surface area contributed by atoms with Gasteiger partial charge in [0.25, 0.3) is 0 Å². The van der Waals surface area contributed by atoms with Crippen molar-refractivity contribution in [2.24, 2.45) is 17.8 Å². The van der Waals surface area contributed by atoms with Crippen LogP contribution in [0.4, 0.5) is 0 Å². The number of hydrogen-bond donors (Lipinski definition) is 0. The second-order valence-corrected chi connectivity index (χ2v) is 66.5. The molecule has 0 heterocycles. The lowest BCUT2D eigenvalue weighted by Crippen LogP contribution is -2.62. The fourth-order valence-corrected chi connectivity index (χ4v) is 62.9. The minimum Gasteiger partial charge on any atom is -0.463 e. The molecule has 0 bridgehead atoms. The molecule has 0 radical (unpaired) electrons. The third kappa shape index (κ3) is 48.2. The first-order valence-electron chi connectivity index (χ1n) is 29.8. The zero-order valence-electron chi connectivity index (χ0n) is 57.8. The quantitative estimate of drug-likeness (QED) is 0.0241. The molecule has 20 nitrogen and oxygen atoms in total. The van der Waals surface area contributed by atoms with Gasteiger partial charge in [0.1, 0.15) is 19.8 Å². The van der Waals surface area contributed by atoms with Gasteiger partial charge in [-0.15, -0.1) is 0 Å². The Hall–Kier alpha value is 0.236. The summed E-state index contributed by atoms with van der Waals surface area (Å²) in [4.78, 5) is 34.3. The van der Waals surface area contributed by atoms with E-state index in [-0.39, 0.29) is 48.9 Å². The van der Waals surface area contributed by atoms with Crippen molar-refractivity contribution in [2.75, 3.05) is 66.1 Å². The highest BCUT2D eigenvalue weighted by atomic mass is 28.5. The Morgan fingerprint density at radius 1 is 0.280 bits per heavy atom. The Balaban J connectivity index is -0.00000180. The molecule has 0 saturated carbocycles. The van der Waals surface area contributed by atoms with Crippen LogP contribution in [0.5, 0.6) is 0 Å². The minimum atomic E-state index is -2.75. The monoisotopic (exact) mass is 1360 g/mol. The smallest absolute Gasteiger partial charge is 0.323 e. The summed E-state index contributed by atoms with van der Waals surface area (Å²) in [5.41, 5.74) is 0. The third-order valence-corrected chi connectivity index (χ3v) is 51.4. The molecule has 31 heteroatoms. The first-order valence-corrected chi connectivity index (χ1v) is 61.3. The first kappa shape index (κ1) is 86.4. The summed E-state index contributed by atoms with van der Waals surface area (Å²) in [6.45, 7) is 67.6. The molecule has 0 aromatic rings. The molecule has 0 amide bonds. The molecule has 0 spiro atoms. The number of ether oxygens (including phenoxy) is 6. The highest BCUT2D eigenvalue weighted by Crippen LogP contribution is 2.31. The van der Waals surface area contributed by atoms with E-state index >= 15 is 0 Å². The molecule has 3 unspecified atom stereocenters. The second-order valence-electron chi connectivity index (χ2n) is 25.8. The van der Waals surface area contributed by atoms with Crippen molar-refractivity contribution in [2.45, 2.75) is 232 Å². The van der Waals surface area contributed by atoms with Crippen LogP contribution in [0.25, 0.3) is 0 Å². The van der Waals surface area contributed by atoms with Crippen molar-refractivity contribution < 1.29 is 88.4 Å². The average molecular weight is 1370 g/mol. The van der Waals surface area contributed by atoms with Gasteiger partial charge >= 0.3 is 104 Å². The zero-order chi connectivity index (χ0) is 64.9. The van der Waals surface area contributed by atoms with E-state index in [2.05, 4.69) is 72.0 Å². The van der Waals surface area contributed by atoms with Crippen LogP contribution in [0.1, 0.15) is 81.1 Å². The largest absolute Gasteiger partial charge is 0.463 e. The predicted molar refractivity (Wildman–Crippen MR) is 355 cm³/mol. The van der Waals surface area contributed by atoms with Gasteiger partial charge in [0.05, 0.1) is 50.8 Å². The Morgan fingerprint density at radius 2 is 0.500 bits per heavy atom. The first-order chi connectivity index (χ1) is 36.9. The summed E-state index contributed by atoms with van der Waals surface area (Å²) in [5.74, 6) is -0.616. The Morgan fingerprint density at radius 3 is 0.744 bits per heavy atom. The SMILES string of the molecule is CCC(C)C(=O)OCCO[Si](C)(C)O[Si](C)(C)O[Si](C)(C)O[Si](C)(C)O[Si](C)(C)O[Si](C)(C)O[Si](C)(C)O[Si](C)(C)O[Si](C)(C)O[Si](C)(C)O[Si](C)(C)C.CCCOCCOC(=O)C(C)CC.CCOCCOCCOC(=O)C(C)CC. The molecular weight excluding hydrogens is 1240 g/mol. The minimum absolute atomic E-state index is 0.00572. The van der Waals surface area contributed by atoms with Gasteiger partial charge in [-0.25, -0.2) is 0 Å². The fourth-order valence-electron chi connectivity index (χ4n) is 8.65. The lowest BCUT2D eigenvalue weighted by Gasteiger charge is -2.44. The molecule has 0 aromatic carbocycles. The van der Waals surface area contributed by atoms with E-state index in [9.17, 15) is 14.4 Å². The molecule has 0 aromatic heterocycles. The molecule has 0 rings (SSSR count). The van der Waals surface area contributed by atoms with E-state index in [1.807, 2.05) is 134 Å². The summed E-state index contributed by atoms with van der Waals surface area (Å²) in [7, 11) is -28.3. The van der Waals surface area contributed by atoms with Gasteiger partial charge in [-0.3, -0.25) is 14.4 Å². The Kier molecular flexibility index (Phi) is 41.5. The van der Waals surface area contributed by atoms with E-state index in [4.69, 9.17) is 74.0 Å². The van der Waals surface area contributed by atoms with Crippen LogP contribution >= 0.6 is 0 Å². The maximum atomic E-state index is 12.0. The van der Waals surface area contributed by atoms with Crippen LogP contribution < -0.4 is 0 Å². The molecule has 492 valence electrons. The van der Waals surface area contributed by atoms with E-state index in [0.717, 1.165) is 32.3 Å². The highest BCUT2D eigenvalue weighted by Gasteiger charge is 2.51. The lowest BCUT2D eigenvalue weighted by atomic mass is 10.1. The van der Waals surface area contributed by atoms with Crippen LogP contribution in [0.3, 0.4) is 0 Å². The van der Waals surface area contributed by atoms with Crippen molar-refractivity contribution in [3.63, 3.8) is 0 Å². The zero-order valence-corrected chi connectivity index (χ0v) is 68.8. The number of carbonyl (C=O) groups is 3. The van der Waals surface area contributed by atoms with Gasteiger partial charge in [-0.05, 0) is 183 Å². The lowest BCUT2D eigenvalue weighted by molar-refractivity contribution is -0.150. The number of esters is 3. The number of carbonyl (C=O) groups excluding carboxylic acids is 3. The Labute approximate surface area is 512 Å². The molecule has 0 aliphatic heterocycles. The molecule has 0 aliphatic carbocycles. The number of rotatable bonds is 42. The molecule has 0 fully saturated rings.